The van der Waals surface area contributed by atoms with E-state index in [4.69, 9.17) is 4.74 Å². The Hall–Kier alpha value is -4.18. The van der Waals surface area contributed by atoms with Crippen LogP contribution in [0.15, 0.2) is 84.0 Å². The summed E-state index contributed by atoms with van der Waals surface area (Å²) in [6.45, 7) is 2.37. The van der Waals surface area contributed by atoms with Crippen LogP contribution in [0.5, 0.6) is 5.75 Å². The lowest BCUT2D eigenvalue weighted by Crippen LogP contribution is -2.15. The smallest absolute Gasteiger partial charge is 0.270 e. The second-order valence-corrected chi connectivity index (χ2v) is 7.99. The molecule has 0 fully saturated rings. The lowest BCUT2D eigenvalue weighted by atomic mass is 10.2. The number of nitrogens with zero attached hydrogens (tertiary/aromatic N) is 4. The van der Waals surface area contributed by atoms with E-state index < -0.39 is 4.92 Å². The highest BCUT2D eigenvalue weighted by Crippen LogP contribution is 2.30. The zero-order valence-electron chi connectivity index (χ0n) is 18.2. The largest absolute Gasteiger partial charge is 0.492 e. The van der Waals surface area contributed by atoms with E-state index >= 15 is 0 Å². The Bertz CT molecular complexity index is 1310. The Kier molecular flexibility index (Phi) is 7.19. The maximum Gasteiger partial charge on any atom is 0.270 e. The van der Waals surface area contributed by atoms with Crippen LogP contribution < -0.4 is 10.1 Å². The minimum atomic E-state index is -0.452. The summed E-state index contributed by atoms with van der Waals surface area (Å²) in [4.78, 5) is 23.5. The van der Waals surface area contributed by atoms with Crippen molar-refractivity contribution in [3.05, 3.63) is 89.0 Å². The van der Waals surface area contributed by atoms with Crippen LogP contribution in [0, 0.1) is 10.1 Å². The summed E-state index contributed by atoms with van der Waals surface area (Å²) in [6.07, 6.45) is 0. The Balaban J connectivity index is 1.60. The quantitative estimate of drug-likeness (QED) is 0.207. The predicted octanol–water partition coefficient (Wildman–Crippen LogP) is 4.97. The number of ether oxygens (including phenoxy) is 1. The van der Waals surface area contributed by atoms with Crippen LogP contribution in [0.2, 0.25) is 0 Å². The van der Waals surface area contributed by atoms with Gasteiger partial charge in [-0.05, 0) is 31.2 Å². The maximum absolute atomic E-state index is 12.7. The molecule has 0 saturated carbocycles. The van der Waals surface area contributed by atoms with E-state index in [1.165, 1.54) is 23.9 Å². The van der Waals surface area contributed by atoms with Gasteiger partial charge in [0.15, 0.2) is 11.0 Å². The number of nitro groups is 1. The summed E-state index contributed by atoms with van der Waals surface area (Å²) < 4.78 is 7.34. The Morgan fingerprint density at radius 1 is 1.06 bits per heavy atom. The summed E-state index contributed by atoms with van der Waals surface area (Å²) in [7, 11) is 0. The second kappa shape index (κ2) is 10.6. The van der Waals surface area contributed by atoms with Crippen LogP contribution in [0.25, 0.3) is 17.1 Å². The van der Waals surface area contributed by atoms with Crippen molar-refractivity contribution in [3.63, 3.8) is 0 Å². The summed E-state index contributed by atoms with van der Waals surface area (Å²) in [5, 5.41) is 23.1. The number of amides is 1. The molecule has 10 heteroatoms. The first-order valence-corrected chi connectivity index (χ1v) is 11.5. The molecule has 1 heterocycles. The molecule has 0 saturated heterocycles. The fraction of sp³-hybridized carbons (Fsp3) is 0.125. The Morgan fingerprint density at radius 3 is 2.59 bits per heavy atom. The van der Waals surface area contributed by atoms with Crippen molar-refractivity contribution in [2.75, 3.05) is 17.7 Å². The van der Waals surface area contributed by atoms with Crippen LogP contribution in [-0.2, 0) is 4.79 Å². The maximum atomic E-state index is 12.7. The minimum Gasteiger partial charge on any atom is -0.492 e. The zero-order chi connectivity index (χ0) is 23.9. The molecule has 0 unspecified atom stereocenters. The van der Waals surface area contributed by atoms with Crippen LogP contribution in [0.1, 0.15) is 6.92 Å². The number of hydrogen-bond donors (Lipinski definition) is 1. The predicted molar refractivity (Wildman–Crippen MR) is 130 cm³/mol. The van der Waals surface area contributed by atoms with Crippen LogP contribution in [0.4, 0.5) is 11.4 Å². The van der Waals surface area contributed by atoms with Gasteiger partial charge in [0, 0.05) is 23.4 Å². The van der Waals surface area contributed by atoms with E-state index in [0.29, 0.717) is 34.6 Å². The van der Waals surface area contributed by atoms with Crippen molar-refractivity contribution in [3.8, 4) is 22.8 Å². The van der Waals surface area contributed by atoms with Crippen molar-refractivity contribution in [2.24, 2.45) is 0 Å². The SMILES string of the molecule is CCOc1ccccc1NC(=O)CSc1nnc(-c2cccc([N+](=O)[O-])c2)n1-c1ccccc1. The molecule has 1 amide bonds. The fourth-order valence-electron chi connectivity index (χ4n) is 3.29. The Labute approximate surface area is 199 Å². The number of rotatable bonds is 9. The van der Waals surface area contributed by atoms with Gasteiger partial charge in [-0.15, -0.1) is 10.2 Å². The van der Waals surface area contributed by atoms with Gasteiger partial charge in [-0.2, -0.15) is 0 Å². The average molecular weight is 476 g/mol. The first-order valence-electron chi connectivity index (χ1n) is 10.5. The van der Waals surface area contributed by atoms with Crippen LogP contribution in [0.3, 0.4) is 0 Å². The fourth-order valence-corrected chi connectivity index (χ4v) is 4.04. The molecule has 4 rings (SSSR count). The van der Waals surface area contributed by atoms with E-state index in [1.807, 2.05) is 49.4 Å². The van der Waals surface area contributed by atoms with Crippen LogP contribution in [-0.4, -0.2) is 38.0 Å². The van der Waals surface area contributed by atoms with Crippen molar-refractivity contribution < 1.29 is 14.5 Å². The van der Waals surface area contributed by atoms with Crippen molar-refractivity contribution in [1.29, 1.82) is 0 Å². The standard InChI is InChI=1S/C24H21N5O4S/c1-2-33-21-14-7-6-13-20(21)25-22(30)16-34-24-27-26-23(28(24)18-10-4-3-5-11-18)17-9-8-12-19(15-17)29(31)32/h3-15H,2,16H2,1H3,(H,25,30). The highest BCUT2D eigenvalue weighted by Gasteiger charge is 2.19. The third-order valence-corrected chi connectivity index (χ3v) is 5.69. The molecule has 0 aliphatic carbocycles. The van der Waals surface area contributed by atoms with Crippen molar-refractivity contribution >= 4 is 29.0 Å². The zero-order valence-corrected chi connectivity index (χ0v) is 19.1. The lowest BCUT2D eigenvalue weighted by Gasteiger charge is -2.12. The van der Waals surface area contributed by atoms with Gasteiger partial charge >= 0.3 is 0 Å². The number of carbonyl (C=O) groups is 1. The Morgan fingerprint density at radius 2 is 1.82 bits per heavy atom. The number of para-hydroxylation sites is 3. The number of hydrogen-bond acceptors (Lipinski definition) is 7. The van der Waals surface area contributed by atoms with Gasteiger partial charge in [-0.3, -0.25) is 19.5 Å². The molecule has 34 heavy (non-hydrogen) atoms. The number of benzene rings is 3. The van der Waals surface area contributed by atoms with Gasteiger partial charge in [-0.25, -0.2) is 0 Å². The number of aromatic nitrogens is 3. The normalized spacial score (nSPS) is 10.6. The summed E-state index contributed by atoms with van der Waals surface area (Å²) >= 11 is 1.22. The monoisotopic (exact) mass is 475 g/mol. The number of thioether (sulfide) groups is 1. The van der Waals surface area contributed by atoms with Gasteiger partial charge in [0.1, 0.15) is 5.75 Å². The minimum absolute atomic E-state index is 0.0401. The summed E-state index contributed by atoms with van der Waals surface area (Å²) in [6, 6.07) is 22.9. The molecule has 0 aliphatic heterocycles. The number of nitrogens with one attached hydrogen (secondary N) is 1. The number of carbonyl (C=O) groups excluding carboxylic acids is 1. The van der Waals surface area contributed by atoms with Crippen LogP contribution >= 0.6 is 11.8 Å². The molecule has 172 valence electrons. The molecule has 9 nitrogen and oxygen atoms in total. The molecule has 0 atom stereocenters. The molecule has 3 aromatic carbocycles. The van der Waals surface area contributed by atoms with Gasteiger partial charge in [0.2, 0.25) is 5.91 Å². The first-order chi connectivity index (χ1) is 16.6. The van der Waals surface area contributed by atoms with Crippen molar-refractivity contribution in [1.82, 2.24) is 14.8 Å². The molecule has 4 aromatic rings. The summed E-state index contributed by atoms with van der Waals surface area (Å²) in [5.74, 6) is 0.903. The van der Waals surface area contributed by atoms with Gasteiger partial charge in [-0.1, -0.05) is 54.2 Å². The van der Waals surface area contributed by atoms with Gasteiger partial charge in [0.25, 0.3) is 5.69 Å². The molecular formula is C24H21N5O4S. The number of anilines is 1. The third-order valence-electron chi connectivity index (χ3n) is 4.76. The second-order valence-electron chi connectivity index (χ2n) is 7.05. The topological polar surface area (TPSA) is 112 Å². The van der Waals surface area contributed by atoms with Gasteiger partial charge in [0.05, 0.1) is 23.0 Å². The molecule has 0 aliphatic rings. The highest BCUT2D eigenvalue weighted by atomic mass is 32.2. The molecular weight excluding hydrogens is 454 g/mol. The average Bonchev–Trinajstić information content (AvgIpc) is 3.29. The third kappa shape index (κ3) is 5.24. The van der Waals surface area contributed by atoms with E-state index in [9.17, 15) is 14.9 Å². The molecule has 1 N–H and O–H groups in total. The molecule has 0 spiro atoms. The van der Waals surface area contributed by atoms with E-state index in [0.717, 1.165) is 5.69 Å². The van der Waals surface area contributed by atoms with Gasteiger partial charge < -0.3 is 10.1 Å². The molecule has 0 bridgehead atoms. The van der Waals surface area contributed by atoms with E-state index in [2.05, 4.69) is 15.5 Å². The first kappa shape index (κ1) is 23.0. The lowest BCUT2D eigenvalue weighted by molar-refractivity contribution is -0.384. The van der Waals surface area contributed by atoms with E-state index in [-0.39, 0.29) is 17.3 Å². The number of nitro benzene ring substituents is 1. The molecule has 1 aromatic heterocycles. The summed E-state index contributed by atoms with van der Waals surface area (Å²) in [5.41, 5.74) is 1.88. The van der Waals surface area contributed by atoms with E-state index in [1.54, 1.807) is 28.8 Å². The highest BCUT2D eigenvalue weighted by molar-refractivity contribution is 7.99. The van der Waals surface area contributed by atoms with Crippen molar-refractivity contribution in [2.45, 2.75) is 12.1 Å². The molecule has 0 radical (unpaired) electrons. The number of non-ortho nitro benzene ring substituents is 1.